The van der Waals surface area contributed by atoms with Gasteiger partial charge in [-0.2, -0.15) is 0 Å². The summed E-state index contributed by atoms with van der Waals surface area (Å²) in [4.78, 5) is 39.3. The Hall–Kier alpha value is -2.99. The highest BCUT2D eigenvalue weighted by Crippen LogP contribution is 2.53. The van der Waals surface area contributed by atoms with Gasteiger partial charge in [0.2, 0.25) is 0 Å². The van der Waals surface area contributed by atoms with Gasteiger partial charge in [0, 0.05) is 29.6 Å². The molecule has 4 atom stereocenters. The first-order valence-electron chi connectivity index (χ1n) is 11.4. The van der Waals surface area contributed by atoms with E-state index >= 15 is 0 Å². The summed E-state index contributed by atoms with van der Waals surface area (Å²) in [5.74, 6) is -1.26. The second kappa shape index (κ2) is 7.85. The third-order valence-electron chi connectivity index (χ3n) is 7.62. The van der Waals surface area contributed by atoms with Crippen LogP contribution in [0.5, 0.6) is 0 Å². The van der Waals surface area contributed by atoms with E-state index in [0.29, 0.717) is 23.5 Å². The van der Waals surface area contributed by atoms with Gasteiger partial charge in [-0.1, -0.05) is 36.8 Å². The van der Waals surface area contributed by atoms with Crippen LogP contribution in [-0.2, 0) is 9.59 Å². The highest BCUT2D eigenvalue weighted by Gasteiger charge is 2.55. The fourth-order valence-electron chi connectivity index (χ4n) is 5.92. The number of aliphatic carboxylic acids is 1. The first-order valence-corrected chi connectivity index (χ1v) is 11.4. The van der Waals surface area contributed by atoms with E-state index in [1.54, 1.807) is 0 Å². The van der Waals surface area contributed by atoms with Gasteiger partial charge in [0.1, 0.15) is 11.8 Å². The van der Waals surface area contributed by atoms with Gasteiger partial charge < -0.3 is 20.5 Å². The summed E-state index contributed by atoms with van der Waals surface area (Å²) in [6.07, 6.45) is 5.21. The Morgan fingerprint density at radius 2 is 1.78 bits per heavy atom. The molecule has 32 heavy (non-hydrogen) atoms. The fourth-order valence-corrected chi connectivity index (χ4v) is 5.92. The summed E-state index contributed by atoms with van der Waals surface area (Å²) in [6, 6.07) is 15.2. The van der Waals surface area contributed by atoms with Crippen molar-refractivity contribution in [2.24, 2.45) is 11.7 Å². The monoisotopic (exact) mass is 432 g/mol. The van der Waals surface area contributed by atoms with Crippen LogP contribution >= 0.6 is 0 Å². The summed E-state index contributed by atoms with van der Waals surface area (Å²) >= 11 is 0. The number of fused-ring (bicyclic) bond motifs is 2. The van der Waals surface area contributed by atoms with Crippen LogP contribution < -0.4 is 10.6 Å². The van der Waals surface area contributed by atoms with E-state index < -0.39 is 17.4 Å². The average Bonchev–Trinajstić information content (AvgIpc) is 3.54. The van der Waals surface area contributed by atoms with E-state index in [2.05, 4.69) is 12.1 Å². The number of benzene rings is 2. The molecule has 0 bridgehead atoms. The second-order valence-corrected chi connectivity index (χ2v) is 9.49. The van der Waals surface area contributed by atoms with Crippen molar-refractivity contribution in [2.45, 2.75) is 61.9 Å². The van der Waals surface area contributed by atoms with Crippen molar-refractivity contribution >= 4 is 23.9 Å². The predicted octanol–water partition coefficient (Wildman–Crippen LogP) is 3.85. The minimum absolute atomic E-state index is 0.0662. The second-order valence-electron chi connectivity index (χ2n) is 9.49. The maximum absolute atomic E-state index is 13.7. The smallest absolute Gasteiger partial charge is 0.324 e. The minimum atomic E-state index is -1.70. The lowest BCUT2D eigenvalue weighted by Crippen LogP contribution is -2.60. The lowest BCUT2D eigenvalue weighted by Gasteiger charge is -2.48. The molecule has 0 radical (unpaired) electrons. The molecule has 3 N–H and O–H groups in total. The normalized spacial score (nSPS) is 26.0. The Bertz CT molecular complexity index is 1060. The van der Waals surface area contributed by atoms with E-state index in [1.807, 2.05) is 41.3 Å². The molecule has 1 heterocycles. The Balaban J connectivity index is 1.59. The van der Waals surface area contributed by atoms with Crippen LogP contribution in [0.15, 0.2) is 48.5 Å². The van der Waals surface area contributed by atoms with Gasteiger partial charge in [0.25, 0.3) is 5.91 Å². The van der Waals surface area contributed by atoms with Gasteiger partial charge in [-0.3, -0.25) is 9.59 Å². The SMILES string of the molecule is NC(CC=O)(C(=O)O)C1c2ccccc2N(C(=O)c2ccc(C3CC3)cc2)C2CCCC21. The number of anilines is 1. The van der Waals surface area contributed by atoms with E-state index in [1.165, 1.54) is 18.4 Å². The molecule has 6 heteroatoms. The van der Waals surface area contributed by atoms with Crippen molar-refractivity contribution < 1.29 is 19.5 Å². The summed E-state index contributed by atoms with van der Waals surface area (Å²) in [7, 11) is 0. The van der Waals surface area contributed by atoms with Crippen LogP contribution in [-0.4, -0.2) is 34.8 Å². The van der Waals surface area contributed by atoms with Gasteiger partial charge in [-0.05, 0) is 66.8 Å². The lowest BCUT2D eigenvalue weighted by atomic mass is 9.66. The first kappa shape index (κ1) is 20.9. The van der Waals surface area contributed by atoms with Gasteiger partial charge in [0.15, 0.2) is 0 Å². The Morgan fingerprint density at radius 1 is 1.06 bits per heavy atom. The molecule has 2 saturated carbocycles. The molecule has 166 valence electrons. The van der Waals surface area contributed by atoms with Crippen LogP contribution in [0.1, 0.15) is 71.8 Å². The highest BCUT2D eigenvalue weighted by atomic mass is 16.4. The van der Waals surface area contributed by atoms with Gasteiger partial charge in [-0.25, -0.2) is 0 Å². The van der Waals surface area contributed by atoms with Crippen molar-refractivity contribution in [1.29, 1.82) is 0 Å². The topological polar surface area (TPSA) is 101 Å². The minimum Gasteiger partial charge on any atom is -0.480 e. The van der Waals surface area contributed by atoms with Crippen molar-refractivity contribution in [3.63, 3.8) is 0 Å². The van der Waals surface area contributed by atoms with Gasteiger partial charge in [-0.15, -0.1) is 0 Å². The summed E-state index contributed by atoms with van der Waals surface area (Å²) in [6.45, 7) is 0. The Kier molecular flexibility index (Phi) is 5.13. The number of aldehydes is 1. The number of hydrogen-bond donors (Lipinski definition) is 2. The Morgan fingerprint density at radius 3 is 2.44 bits per heavy atom. The quantitative estimate of drug-likeness (QED) is 0.676. The third kappa shape index (κ3) is 3.25. The number of carboxylic acids is 1. The van der Waals surface area contributed by atoms with Gasteiger partial charge >= 0.3 is 5.97 Å². The maximum atomic E-state index is 13.7. The van der Waals surface area contributed by atoms with Crippen LogP contribution in [0.4, 0.5) is 5.69 Å². The molecule has 2 aromatic rings. The van der Waals surface area contributed by atoms with E-state index in [9.17, 15) is 19.5 Å². The number of carboxylic acid groups (broad SMARTS) is 1. The number of nitrogens with zero attached hydrogens (tertiary/aromatic N) is 1. The molecule has 0 aromatic heterocycles. The molecular formula is C26H28N2O4. The van der Waals surface area contributed by atoms with Crippen molar-refractivity contribution in [3.05, 3.63) is 65.2 Å². The van der Waals surface area contributed by atoms with Crippen molar-refractivity contribution in [3.8, 4) is 0 Å². The molecular weight excluding hydrogens is 404 g/mol. The van der Waals surface area contributed by atoms with Crippen molar-refractivity contribution in [1.82, 2.24) is 0 Å². The zero-order valence-corrected chi connectivity index (χ0v) is 17.9. The molecule has 0 saturated heterocycles. The molecule has 2 aromatic carbocycles. The molecule has 2 aliphatic carbocycles. The van der Waals surface area contributed by atoms with Crippen LogP contribution in [0.25, 0.3) is 0 Å². The van der Waals surface area contributed by atoms with Crippen LogP contribution in [0.3, 0.4) is 0 Å². The Labute approximate surface area is 187 Å². The van der Waals surface area contributed by atoms with Crippen LogP contribution in [0, 0.1) is 5.92 Å². The lowest BCUT2D eigenvalue weighted by molar-refractivity contribution is -0.146. The average molecular weight is 433 g/mol. The molecule has 0 spiro atoms. The zero-order chi connectivity index (χ0) is 22.5. The molecule has 6 nitrogen and oxygen atoms in total. The number of amides is 1. The van der Waals surface area contributed by atoms with E-state index in [0.717, 1.165) is 24.8 Å². The summed E-state index contributed by atoms with van der Waals surface area (Å²) < 4.78 is 0. The molecule has 5 rings (SSSR count). The number of hydrogen-bond acceptors (Lipinski definition) is 4. The number of para-hydroxylation sites is 1. The molecule has 1 aliphatic heterocycles. The molecule has 4 unspecified atom stereocenters. The largest absolute Gasteiger partial charge is 0.480 e. The van der Waals surface area contributed by atoms with Gasteiger partial charge in [0.05, 0.1) is 0 Å². The standard InChI is InChI=1S/C26H28N2O4/c27-26(14-15-29,25(31)32)23-19-4-1-2-6-21(19)28(22-7-3-5-20(22)23)24(30)18-12-10-17(11-13-18)16-8-9-16/h1-2,4,6,10-13,15-16,20,22-23H,3,5,7-9,14,27H2,(H,31,32). The highest BCUT2D eigenvalue weighted by molar-refractivity contribution is 6.07. The van der Waals surface area contributed by atoms with E-state index in [4.69, 9.17) is 5.73 Å². The zero-order valence-electron chi connectivity index (χ0n) is 17.9. The van der Waals surface area contributed by atoms with Crippen molar-refractivity contribution in [2.75, 3.05) is 4.90 Å². The number of nitrogens with two attached hydrogens (primary N) is 1. The molecule has 2 fully saturated rings. The maximum Gasteiger partial charge on any atom is 0.324 e. The third-order valence-corrected chi connectivity index (χ3v) is 7.62. The first-order chi connectivity index (χ1) is 15.5. The predicted molar refractivity (Wildman–Crippen MR) is 121 cm³/mol. The van der Waals surface area contributed by atoms with E-state index in [-0.39, 0.29) is 24.3 Å². The number of carbonyl (C=O) groups excluding carboxylic acids is 2. The number of rotatable bonds is 6. The molecule has 3 aliphatic rings. The summed E-state index contributed by atoms with van der Waals surface area (Å²) in [5.41, 5.74) is 8.11. The van der Waals surface area contributed by atoms with Crippen LogP contribution in [0.2, 0.25) is 0 Å². The molecule has 1 amide bonds. The number of carbonyl (C=O) groups is 3. The fraction of sp³-hybridized carbons (Fsp3) is 0.423. The summed E-state index contributed by atoms with van der Waals surface area (Å²) in [5, 5.41) is 10.0.